The highest BCUT2D eigenvalue weighted by molar-refractivity contribution is 7.89. The zero-order chi connectivity index (χ0) is 14.4. The van der Waals surface area contributed by atoms with Crippen LogP contribution in [0.1, 0.15) is 24.2 Å². The van der Waals surface area contributed by atoms with E-state index in [4.69, 9.17) is 5.11 Å². The van der Waals surface area contributed by atoms with E-state index in [0.717, 1.165) is 4.31 Å². The molecule has 0 aromatic carbocycles. The summed E-state index contributed by atoms with van der Waals surface area (Å²) in [5.41, 5.74) is 0.921. The standard InChI is InChI=1S/C11H17N3O4S/c1-7-10(8(2)13(3)12-7)19(17,18)14-6-4-5-9(14)11(15)16/h9H,4-6H2,1-3H3,(H,15,16). The maximum atomic E-state index is 12.6. The number of carbonyl (C=O) groups is 1. The van der Waals surface area contributed by atoms with Gasteiger partial charge < -0.3 is 5.11 Å². The molecule has 0 saturated carbocycles. The molecule has 1 fully saturated rings. The maximum absolute atomic E-state index is 12.6. The lowest BCUT2D eigenvalue weighted by Crippen LogP contribution is -2.40. The van der Waals surface area contributed by atoms with Gasteiger partial charge in [-0.15, -0.1) is 0 Å². The number of sulfonamides is 1. The van der Waals surface area contributed by atoms with Gasteiger partial charge in [-0.1, -0.05) is 0 Å². The summed E-state index contributed by atoms with van der Waals surface area (Å²) in [6, 6.07) is -0.969. The molecule has 8 heteroatoms. The molecule has 0 aliphatic carbocycles. The molecular weight excluding hydrogens is 270 g/mol. The number of carboxylic acid groups (broad SMARTS) is 1. The van der Waals surface area contributed by atoms with Crippen molar-refractivity contribution in [3.63, 3.8) is 0 Å². The number of carboxylic acids is 1. The van der Waals surface area contributed by atoms with Crippen LogP contribution in [-0.4, -0.2) is 46.2 Å². The summed E-state index contributed by atoms with van der Waals surface area (Å²) < 4.78 is 27.8. The largest absolute Gasteiger partial charge is 0.480 e. The Bertz CT molecular complexity index is 620. The molecule has 2 rings (SSSR count). The summed E-state index contributed by atoms with van der Waals surface area (Å²) >= 11 is 0. The Balaban J connectivity index is 2.51. The molecule has 1 aliphatic heterocycles. The van der Waals surface area contributed by atoms with Crippen molar-refractivity contribution in [3.05, 3.63) is 11.4 Å². The van der Waals surface area contributed by atoms with Crippen molar-refractivity contribution in [3.8, 4) is 0 Å². The molecule has 0 spiro atoms. The lowest BCUT2D eigenvalue weighted by Gasteiger charge is -2.21. The molecule has 1 saturated heterocycles. The van der Waals surface area contributed by atoms with Gasteiger partial charge in [-0.2, -0.15) is 9.40 Å². The first kappa shape index (κ1) is 14.0. The van der Waals surface area contributed by atoms with E-state index in [1.165, 1.54) is 4.68 Å². The summed E-state index contributed by atoms with van der Waals surface area (Å²) in [5, 5.41) is 13.2. The molecule has 1 aliphatic rings. The minimum Gasteiger partial charge on any atom is -0.480 e. The van der Waals surface area contributed by atoms with Gasteiger partial charge in [0.15, 0.2) is 0 Å². The van der Waals surface area contributed by atoms with Gasteiger partial charge in [0.2, 0.25) is 10.0 Å². The first-order chi connectivity index (χ1) is 8.76. The molecule has 19 heavy (non-hydrogen) atoms. The number of rotatable bonds is 3. The van der Waals surface area contributed by atoms with Crippen molar-refractivity contribution in [1.29, 1.82) is 0 Å². The van der Waals surface area contributed by atoms with Gasteiger partial charge in [0.25, 0.3) is 0 Å². The third-order valence-electron chi connectivity index (χ3n) is 3.50. The normalized spacial score (nSPS) is 20.9. The summed E-state index contributed by atoms with van der Waals surface area (Å²) in [5.74, 6) is -1.10. The number of aromatic nitrogens is 2. The second-order valence-corrected chi connectivity index (χ2v) is 6.56. The van der Waals surface area contributed by atoms with Gasteiger partial charge in [-0.25, -0.2) is 8.42 Å². The summed E-state index contributed by atoms with van der Waals surface area (Å²) in [7, 11) is -2.14. The Kier molecular flexibility index (Phi) is 3.40. The van der Waals surface area contributed by atoms with Gasteiger partial charge in [-0.05, 0) is 26.7 Å². The second kappa shape index (κ2) is 4.61. The van der Waals surface area contributed by atoms with Crippen LogP contribution in [0.5, 0.6) is 0 Å². The highest BCUT2D eigenvalue weighted by Gasteiger charge is 2.41. The van der Waals surface area contributed by atoms with Gasteiger partial charge in [0.1, 0.15) is 10.9 Å². The first-order valence-electron chi connectivity index (χ1n) is 6.01. The molecule has 1 aromatic heterocycles. The quantitative estimate of drug-likeness (QED) is 0.861. The third-order valence-corrected chi connectivity index (χ3v) is 5.66. The van der Waals surface area contributed by atoms with Crippen LogP contribution < -0.4 is 0 Å². The monoisotopic (exact) mass is 287 g/mol. The number of hydrogen-bond donors (Lipinski definition) is 1. The van der Waals surface area contributed by atoms with E-state index in [2.05, 4.69) is 5.10 Å². The minimum absolute atomic E-state index is 0.128. The van der Waals surface area contributed by atoms with E-state index in [1.54, 1.807) is 20.9 Å². The molecular formula is C11H17N3O4S. The topological polar surface area (TPSA) is 92.5 Å². The fraction of sp³-hybridized carbons (Fsp3) is 0.636. The molecule has 1 atom stereocenters. The minimum atomic E-state index is -3.80. The number of hydrogen-bond acceptors (Lipinski definition) is 4. The predicted octanol–water partition coefficient (Wildman–Crippen LogP) is 0.275. The molecule has 1 unspecified atom stereocenters. The fourth-order valence-electron chi connectivity index (χ4n) is 2.52. The lowest BCUT2D eigenvalue weighted by molar-refractivity contribution is -0.140. The number of nitrogens with zero attached hydrogens (tertiary/aromatic N) is 3. The van der Waals surface area contributed by atoms with E-state index >= 15 is 0 Å². The Morgan fingerprint density at radius 3 is 2.53 bits per heavy atom. The Hall–Kier alpha value is -1.41. The molecule has 1 aromatic rings. The molecule has 7 nitrogen and oxygen atoms in total. The molecule has 0 radical (unpaired) electrons. The smallest absolute Gasteiger partial charge is 0.322 e. The Labute approximate surface area is 111 Å². The Morgan fingerprint density at radius 2 is 2.05 bits per heavy atom. The van der Waals surface area contributed by atoms with Crippen LogP contribution in [-0.2, 0) is 21.9 Å². The van der Waals surface area contributed by atoms with Crippen LogP contribution >= 0.6 is 0 Å². The van der Waals surface area contributed by atoms with Crippen LogP contribution in [0.3, 0.4) is 0 Å². The summed E-state index contributed by atoms with van der Waals surface area (Å²) in [4.78, 5) is 11.3. The van der Waals surface area contributed by atoms with Gasteiger partial charge in [-0.3, -0.25) is 9.48 Å². The SMILES string of the molecule is Cc1nn(C)c(C)c1S(=O)(=O)N1CCCC1C(=O)O. The van der Waals surface area contributed by atoms with Crippen LogP contribution in [0.15, 0.2) is 4.90 Å². The highest BCUT2D eigenvalue weighted by atomic mass is 32.2. The van der Waals surface area contributed by atoms with Crippen molar-refractivity contribution in [2.45, 2.75) is 37.6 Å². The van der Waals surface area contributed by atoms with Crippen molar-refractivity contribution in [2.24, 2.45) is 7.05 Å². The summed E-state index contributed by atoms with van der Waals surface area (Å²) in [6.45, 7) is 3.53. The lowest BCUT2D eigenvalue weighted by atomic mass is 10.2. The van der Waals surface area contributed by atoms with Gasteiger partial charge in [0, 0.05) is 13.6 Å². The average Bonchev–Trinajstić information content (AvgIpc) is 2.85. The Morgan fingerprint density at radius 1 is 1.42 bits per heavy atom. The van der Waals surface area contributed by atoms with Crippen molar-refractivity contribution in [2.75, 3.05) is 6.54 Å². The van der Waals surface area contributed by atoms with Crippen LogP contribution in [0.4, 0.5) is 0 Å². The van der Waals surface area contributed by atoms with Crippen LogP contribution in [0.2, 0.25) is 0 Å². The number of aryl methyl sites for hydroxylation is 2. The fourth-order valence-corrected chi connectivity index (χ4v) is 4.57. The maximum Gasteiger partial charge on any atom is 0.322 e. The highest BCUT2D eigenvalue weighted by Crippen LogP contribution is 2.29. The summed E-state index contributed by atoms with van der Waals surface area (Å²) in [6.07, 6.45) is 0.918. The van der Waals surface area contributed by atoms with Crippen molar-refractivity contribution < 1.29 is 18.3 Å². The average molecular weight is 287 g/mol. The van der Waals surface area contributed by atoms with Crippen molar-refractivity contribution in [1.82, 2.24) is 14.1 Å². The predicted molar refractivity (Wildman–Crippen MR) is 67.2 cm³/mol. The van der Waals surface area contributed by atoms with E-state index in [0.29, 0.717) is 24.2 Å². The molecule has 1 N–H and O–H groups in total. The van der Waals surface area contributed by atoms with Crippen molar-refractivity contribution >= 4 is 16.0 Å². The molecule has 0 amide bonds. The first-order valence-corrected chi connectivity index (χ1v) is 7.45. The molecule has 2 heterocycles. The third kappa shape index (κ3) is 2.14. The van der Waals surface area contributed by atoms with Crippen LogP contribution in [0, 0.1) is 13.8 Å². The number of aliphatic carboxylic acids is 1. The van der Waals surface area contributed by atoms with E-state index < -0.39 is 22.0 Å². The second-order valence-electron chi connectivity index (χ2n) is 4.74. The molecule has 106 valence electrons. The van der Waals surface area contributed by atoms with Gasteiger partial charge in [0.05, 0.1) is 11.4 Å². The van der Waals surface area contributed by atoms with Crippen LogP contribution in [0.25, 0.3) is 0 Å². The zero-order valence-electron chi connectivity index (χ0n) is 11.1. The van der Waals surface area contributed by atoms with E-state index in [1.807, 2.05) is 0 Å². The van der Waals surface area contributed by atoms with Gasteiger partial charge >= 0.3 is 5.97 Å². The zero-order valence-corrected chi connectivity index (χ0v) is 11.9. The van der Waals surface area contributed by atoms with E-state index in [-0.39, 0.29) is 11.4 Å². The van der Waals surface area contributed by atoms with E-state index in [9.17, 15) is 13.2 Å². The molecule has 0 bridgehead atoms.